The molecule has 0 fully saturated rings. The highest BCUT2D eigenvalue weighted by Gasteiger charge is 2.09. The fraction of sp³-hybridized carbons (Fsp3) is 0.412. The third-order valence-electron chi connectivity index (χ3n) is 3.17. The van der Waals surface area contributed by atoms with Gasteiger partial charge >= 0.3 is 0 Å². The molecule has 0 unspecified atom stereocenters. The van der Waals surface area contributed by atoms with E-state index in [1.165, 1.54) is 6.07 Å². The molecule has 4 heteroatoms. The van der Waals surface area contributed by atoms with Crippen LogP contribution in [0.1, 0.15) is 32.0 Å². The molecule has 0 aliphatic carbocycles. The molecule has 1 heterocycles. The minimum Gasteiger partial charge on any atom is -0.370 e. The maximum absolute atomic E-state index is 13.4. The van der Waals surface area contributed by atoms with Crippen molar-refractivity contribution in [3.05, 3.63) is 41.3 Å². The molecule has 0 aliphatic rings. The average molecular weight is 287 g/mol. The standard InChI is InChI=1S/C17H22FN3/c1-5-19-16-10-14(8-11(2)3)20-17(21-16)13-6-7-15(18)12(4)9-13/h6-7,9-11H,5,8H2,1-4H3,(H,19,20,21). The maximum atomic E-state index is 13.4. The van der Waals surface area contributed by atoms with Gasteiger partial charge in [0, 0.05) is 23.9 Å². The third kappa shape index (κ3) is 4.00. The zero-order chi connectivity index (χ0) is 15.4. The molecule has 0 saturated carbocycles. The lowest BCUT2D eigenvalue weighted by molar-refractivity contribution is 0.618. The van der Waals surface area contributed by atoms with Crippen LogP contribution in [0.4, 0.5) is 10.2 Å². The Balaban J connectivity index is 2.45. The summed E-state index contributed by atoms with van der Waals surface area (Å²) in [5, 5.41) is 3.23. The normalized spacial score (nSPS) is 11.0. The van der Waals surface area contributed by atoms with Crippen molar-refractivity contribution in [2.24, 2.45) is 5.92 Å². The van der Waals surface area contributed by atoms with Crippen molar-refractivity contribution < 1.29 is 4.39 Å². The van der Waals surface area contributed by atoms with Gasteiger partial charge in [0.05, 0.1) is 0 Å². The summed E-state index contributed by atoms with van der Waals surface area (Å²) >= 11 is 0. The number of halogens is 1. The fourth-order valence-corrected chi connectivity index (χ4v) is 2.20. The van der Waals surface area contributed by atoms with Gasteiger partial charge in [-0.15, -0.1) is 0 Å². The number of nitrogens with one attached hydrogen (secondary N) is 1. The summed E-state index contributed by atoms with van der Waals surface area (Å²) in [6.45, 7) is 8.92. The molecule has 0 amide bonds. The second-order valence-electron chi connectivity index (χ2n) is 5.66. The molecule has 3 nitrogen and oxygen atoms in total. The van der Waals surface area contributed by atoms with Crippen LogP contribution in [0.25, 0.3) is 11.4 Å². The Hall–Kier alpha value is -1.97. The van der Waals surface area contributed by atoms with Crippen molar-refractivity contribution in [2.45, 2.75) is 34.1 Å². The SMILES string of the molecule is CCNc1cc(CC(C)C)nc(-c2ccc(F)c(C)c2)n1. The van der Waals surface area contributed by atoms with Crippen LogP contribution in [0.15, 0.2) is 24.3 Å². The van der Waals surface area contributed by atoms with Gasteiger partial charge in [-0.25, -0.2) is 14.4 Å². The number of aromatic nitrogens is 2. The van der Waals surface area contributed by atoms with Gasteiger partial charge in [-0.2, -0.15) is 0 Å². The predicted molar refractivity (Wildman–Crippen MR) is 84.9 cm³/mol. The molecular weight excluding hydrogens is 265 g/mol. The number of nitrogens with zero attached hydrogens (tertiary/aromatic N) is 2. The summed E-state index contributed by atoms with van der Waals surface area (Å²) in [6, 6.07) is 6.98. The highest BCUT2D eigenvalue weighted by Crippen LogP contribution is 2.21. The monoisotopic (exact) mass is 287 g/mol. The van der Waals surface area contributed by atoms with Crippen LogP contribution in [0.5, 0.6) is 0 Å². The average Bonchev–Trinajstić information content (AvgIpc) is 2.41. The molecular formula is C17H22FN3. The van der Waals surface area contributed by atoms with E-state index in [-0.39, 0.29) is 5.82 Å². The molecule has 21 heavy (non-hydrogen) atoms. The van der Waals surface area contributed by atoms with E-state index in [1.54, 1.807) is 19.1 Å². The fourth-order valence-electron chi connectivity index (χ4n) is 2.20. The molecule has 0 spiro atoms. The van der Waals surface area contributed by atoms with Gasteiger partial charge in [0.2, 0.25) is 0 Å². The summed E-state index contributed by atoms with van der Waals surface area (Å²) in [5.74, 6) is 1.79. The topological polar surface area (TPSA) is 37.8 Å². The van der Waals surface area contributed by atoms with Crippen molar-refractivity contribution in [2.75, 3.05) is 11.9 Å². The van der Waals surface area contributed by atoms with Gasteiger partial charge in [0.15, 0.2) is 5.82 Å². The largest absolute Gasteiger partial charge is 0.370 e. The Morgan fingerprint density at radius 3 is 2.57 bits per heavy atom. The van der Waals surface area contributed by atoms with Crippen LogP contribution < -0.4 is 5.32 Å². The van der Waals surface area contributed by atoms with Gasteiger partial charge < -0.3 is 5.32 Å². The van der Waals surface area contributed by atoms with Crippen molar-refractivity contribution in [1.29, 1.82) is 0 Å². The Kier molecular flexibility index (Phi) is 4.89. The number of anilines is 1. The summed E-state index contributed by atoms with van der Waals surface area (Å²) in [7, 11) is 0. The van der Waals surface area contributed by atoms with Gasteiger partial charge in [-0.05, 0) is 49.9 Å². The number of rotatable bonds is 5. The first-order valence-electron chi connectivity index (χ1n) is 7.38. The van der Waals surface area contributed by atoms with E-state index in [2.05, 4.69) is 29.1 Å². The molecule has 0 saturated heterocycles. The van der Waals surface area contributed by atoms with E-state index in [4.69, 9.17) is 0 Å². The van der Waals surface area contributed by atoms with E-state index in [1.807, 2.05) is 13.0 Å². The van der Waals surface area contributed by atoms with Crippen molar-refractivity contribution in [3.63, 3.8) is 0 Å². The highest BCUT2D eigenvalue weighted by atomic mass is 19.1. The van der Waals surface area contributed by atoms with Crippen LogP contribution in [-0.4, -0.2) is 16.5 Å². The predicted octanol–water partition coefficient (Wildman–Crippen LogP) is 4.22. The lowest BCUT2D eigenvalue weighted by atomic mass is 10.1. The molecule has 0 radical (unpaired) electrons. The summed E-state index contributed by atoms with van der Waals surface area (Å²) in [5.41, 5.74) is 2.46. The Bertz CT molecular complexity index is 623. The van der Waals surface area contributed by atoms with Crippen LogP contribution in [-0.2, 0) is 6.42 Å². The molecule has 2 rings (SSSR count). The smallest absolute Gasteiger partial charge is 0.161 e. The van der Waals surface area contributed by atoms with Crippen LogP contribution >= 0.6 is 0 Å². The lowest BCUT2D eigenvalue weighted by Gasteiger charge is -2.11. The molecule has 0 atom stereocenters. The molecule has 0 aliphatic heterocycles. The van der Waals surface area contributed by atoms with Crippen LogP contribution in [0.2, 0.25) is 0 Å². The molecule has 112 valence electrons. The Labute approximate surface area is 125 Å². The second-order valence-corrected chi connectivity index (χ2v) is 5.66. The van der Waals surface area contributed by atoms with Gasteiger partial charge in [-0.3, -0.25) is 0 Å². The lowest BCUT2D eigenvalue weighted by Crippen LogP contribution is -2.06. The van der Waals surface area contributed by atoms with Gasteiger partial charge in [-0.1, -0.05) is 13.8 Å². The zero-order valence-electron chi connectivity index (χ0n) is 13.1. The minimum absolute atomic E-state index is 0.205. The first-order chi connectivity index (χ1) is 9.99. The first kappa shape index (κ1) is 15.4. The quantitative estimate of drug-likeness (QED) is 0.894. The van der Waals surface area contributed by atoms with Crippen LogP contribution in [0.3, 0.4) is 0 Å². The van der Waals surface area contributed by atoms with E-state index >= 15 is 0 Å². The van der Waals surface area contributed by atoms with E-state index < -0.39 is 0 Å². The van der Waals surface area contributed by atoms with Gasteiger partial charge in [0.25, 0.3) is 0 Å². The van der Waals surface area contributed by atoms with Crippen molar-refractivity contribution in [3.8, 4) is 11.4 Å². The summed E-state index contributed by atoms with van der Waals surface area (Å²) in [4.78, 5) is 9.15. The number of benzene rings is 1. The number of hydrogen-bond donors (Lipinski definition) is 1. The molecule has 1 N–H and O–H groups in total. The first-order valence-corrected chi connectivity index (χ1v) is 7.38. The van der Waals surface area contributed by atoms with E-state index in [0.29, 0.717) is 17.3 Å². The van der Waals surface area contributed by atoms with Crippen molar-refractivity contribution >= 4 is 5.82 Å². The molecule has 2 aromatic rings. The Morgan fingerprint density at radius 2 is 1.95 bits per heavy atom. The van der Waals surface area contributed by atoms with E-state index in [0.717, 1.165) is 30.0 Å². The number of hydrogen-bond acceptors (Lipinski definition) is 3. The van der Waals surface area contributed by atoms with Crippen LogP contribution in [0, 0.1) is 18.7 Å². The third-order valence-corrected chi connectivity index (χ3v) is 3.17. The molecule has 1 aromatic carbocycles. The van der Waals surface area contributed by atoms with Crippen molar-refractivity contribution in [1.82, 2.24) is 9.97 Å². The van der Waals surface area contributed by atoms with E-state index in [9.17, 15) is 4.39 Å². The zero-order valence-corrected chi connectivity index (χ0v) is 13.1. The molecule has 0 bridgehead atoms. The number of aryl methyl sites for hydroxylation is 1. The highest BCUT2D eigenvalue weighted by molar-refractivity contribution is 5.58. The Morgan fingerprint density at radius 1 is 1.19 bits per heavy atom. The second kappa shape index (κ2) is 6.66. The molecule has 1 aromatic heterocycles. The summed E-state index contributed by atoms with van der Waals surface area (Å²) in [6.07, 6.45) is 0.897. The maximum Gasteiger partial charge on any atom is 0.161 e. The summed E-state index contributed by atoms with van der Waals surface area (Å²) < 4.78 is 13.4. The minimum atomic E-state index is -0.205. The van der Waals surface area contributed by atoms with Gasteiger partial charge in [0.1, 0.15) is 11.6 Å².